The van der Waals surface area contributed by atoms with E-state index < -0.39 is 0 Å². The summed E-state index contributed by atoms with van der Waals surface area (Å²) < 4.78 is 0. The lowest BCUT2D eigenvalue weighted by Gasteiger charge is -2.37. The molecule has 0 N–H and O–H groups in total. The summed E-state index contributed by atoms with van der Waals surface area (Å²) in [5.41, 5.74) is 2.29. The molecular formula is C13H18N4. The van der Waals surface area contributed by atoms with E-state index in [0.29, 0.717) is 0 Å². The van der Waals surface area contributed by atoms with Crippen molar-refractivity contribution in [3.05, 3.63) is 24.0 Å². The number of hydrogen-bond donors (Lipinski definition) is 0. The molecule has 0 bridgehead atoms. The normalized spacial score (nSPS) is 18.8. The van der Waals surface area contributed by atoms with E-state index in [4.69, 9.17) is 5.26 Å². The smallest absolute Gasteiger partial charge is 0.0950 e. The van der Waals surface area contributed by atoms with Crippen LogP contribution in [-0.4, -0.2) is 42.1 Å². The summed E-state index contributed by atoms with van der Waals surface area (Å²) in [6.45, 7) is 7.85. The Hall–Kier alpha value is -1.60. The maximum atomic E-state index is 8.89. The first kappa shape index (κ1) is 11.9. The van der Waals surface area contributed by atoms with Crippen LogP contribution in [-0.2, 0) is 0 Å². The molecule has 1 aliphatic heterocycles. The average Bonchev–Trinajstić information content (AvgIpc) is 2.38. The molecule has 1 saturated heterocycles. The van der Waals surface area contributed by atoms with Crippen LogP contribution in [0.15, 0.2) is 18.3 Å². The number of rotatable bonds is 2. The van der Waals surface area contributed by atoms with Gasteiger partial charge < -0.3 is 4.90 Å². The zero-order valence-corrected chi connectivity index (χ0v) is 10.4. The van der Waals surface area contributed by atoms with E-state index in [2.05, 4.69) is 33.0 Å². The van der Waals surface area contributed by atoms with E-state index in [1.54, 1.807) is 0 Å². The molecule has 2 heterocycles. The number of nitriles is 1. The van der Waals surface area contributed by atoms with Crippen molar-refractivity contribution < 1.29 is 0 Å². The number of aromatic nitrogens is 1. The molecule has 1 aromatic heterocycles. The zero-order chi connectivity index (χ0) is 12.3. The highest BCUT2D eigenvalue weighted by atomic mass is 15.3. The minimum Gasteiger partial charge on any atom is -0.369 e. The van der Waals surface area contributed by atoms with Gasteiger partial charge in [0.1, 0.15) is 0 Å². The predicted molar refractivity (Wildman–Crippen MR) is 67.8 cm³/mol. The van der Waals surface area contributed by atoms with Crippen LogP contribution in [0.5, 0.6) is 0 Å². The minimum absolute atomic E-state index is 0.0244. The van der Waals surface area contributed by atoms with Gasteiger partial charge in [0.25, 0.3) is 0 Å². The van der Waals surface area contributed by atoms with Crippen molar-refractivity contribution in [1.29, 1.82) is 5.26 Å². The van der Waals surface area contributed by atoms with Crippen LogP contribution in [0.1, 0.15) is 12.6 Å². The molecule has 0 amide bonds. The molecular weight excluding hydrogens is 212 g/mol. The van der Waals surface area contributed by atoms with Gasteiger partial charge in [0.15, 0.2) is 0 Å². The molecule has 1 atom stereocenters. The lowest BCUT2D eigenvalue weighted by atomic mass is 10.2. The van der Waals surface area contributed by atoms with Gasteiger partial charge in [-0.1, -0.05) is 0 Å². The fourth-order valence-corrected chi connectivity index (χ4v) is 2.18. The second kappa shape index (κ2) is 5.15. The van der Waals surface area contributed by atoms with E-state index in [1.807, 2.05) is 20.0 Å². The second-order valence-electron chi connectivity index (χ2n) is 4.48. The van der Waals surface area contributed by atoms with Crippen LogP contribution in [0.2, 0.25) is 0 Å². The van der Waals surface area contributed by atoms with Gasteiger partial charge in [0, 0.05) is 43.8 Å². The maximum absolute atomic E-state index is 8.89. The Morgan fingerprint density at radius 2 is 2.06 bits per heavy atom. The highest BCUT2D eigenvalue weighted by Crippen LogP contribution is 2.17. The number of nitrogens with zero attached hydrogens (tertiary/aromatic N) is 4. The van der Waals surface area contributed by atoms with Crippen molar-refractivity contribution >= 4 is 5.69 Å². The van der Waals surface area contributed by atoms with Crippen LogP contribution in [0, 0.1) is 18.3 Å². The van der Waals surface area contributed by atoms with Gasteiger partial charge in [0.05, 0.1) is 12.1 Å². The Balaban J connectivity index is 1.98. The number of aryl methyl sites for hydroxylation is 1. The van der Waals surface area contributed by atoms with E-state index in [1.165, 1.54) is 5.69 Å². The molecule has 0 radical (unpaired) electrons. The lowest BCUT2D eigenvalue weighted by Crippen LogP contribution is -2.49. The van der Waals surface area contributed by atoms with Crippen LogP contribution >= 0.6 is 0 Å². The summed E-state index contributed by atoms with van der Waals surface area (Å²) in [7, 11) is 0. The lowest BCUT2D eigenvalue weighted by molar-refractivity contribution is 0.231. The first-order valence-corrected chi connectivity index (χ1v) is 6.02. The van der Waals surface area contributed by atoms with Gasteiger partial charge in [-0.2, -0.15) is 5.26 Å². The third-order valence-electron chi connectivity index (χ3n) is 3.29. The molecule has 0 spiro atoms. The molecule has 17 heavy (non-hydrogen) atoms. The number of hydrogen-bond acceptors (Lipinski definition) is 4. The monoisotopic (exact) mass is 230 g/mol. The largest absolute Gasteiger partial charge is 0.369 e. The quantitative estimate of drug-likeness (QED) is 0.770. The fourth-order valence-electron chi connectivity index (χ4n) is 2.18. The summed E-state index contributed by atoms with van der Waals surface area (Å²) in [6.07, 6.45) is 1.86. The van der Waals surface area contributed by atoms with Crippen molar-refractivity contribution in [3.8, 4) is 6.07 Å². The first-order chi connectivity index (χ1) is 8.20. The Morgan fingerprint density at radius 3 is 2.65 bits per heavy atom. The highest BCUT2D eigenvalue weighted by Gasteiger charge is 2.20. The molecule has 0 aromatic carbocycles. The number of piperazine rings is 1. The van der Waals surface area contributed by atoms with Crippen LogP contribution < -0.4 is 4.90 Å². The number of anilines is 1. The predicted octanol–water partition coefficient (Wildman–Crippen LogP) is 1.42. The summed E-state index contributed by atoms with van der Waals surface area (Å²) in [5.74, 6) is 0. The van der Waals surface area contributed by atoms with Crippen LogP contribution in [0.3, 0.4) is 0 Å². The molecule has 1 aromatic rings. The molecule has 2 rings (SSSR count). The summed E-state index contributed by atoms with van der Waals surface area (Å²) in [4.78, 5) is 8.79. The van der Waals surface area contributed by atoms with Gasteiger partial charge in [-0.15, -0.1) is 0 Å². The maximum Gasteiger partial charge on any atom is 0.0950 e. The van der Waals surface area contributed by atoms with E-state index in [-0.39, 0.29) is 6.04 Å². The molecule has 0 aliphatic carbocycles. The van der Waals surface area contributed by atoms with Crippen LogP contribution in [0.25, 0.3) is 0 Å². The van der Waals surface area contributed by atoms with Crippen molar-refractivity contribution in [2.45, 2.75) is 19.9 Å². The fraction of sp³-hybridized carbons (Fsp3) is 0.538. The highest BCUT2D eigenvalue weighted by molar-refractivity contribution is 5.46. The summed E-state index contributed by atoms with van der Waals surface area (Å²) in [6, 6.07) is 6.49. The van der Waals surface area contributed by atoms with Gasteiger partial charge in [-0.3, -0.25) is 9.88 Å². The van der Waals surface area contributed by atoms with Gasteiger partial charge >= 0.3 is 0 Å². The van der Waals surface area contributed by atoms with E-state index in [9.17, 15) is 0 Å². The molecule has 90 valence electrons. The third kappa shape index (κ3) is 2.75. The van der Waals surface area contributed by atoms with Crippen LogP contribution in [0.4, 0.5) is 5.69 Å². The Bertz CT molecular complexity index is 416. The topological polar surface area (TPSA) is 43.2 Å². The van der Waals surface area contributed by atoms with Crippen molar-refractivity contribution in [2.75, 3.05) is 31.1 Å². The third-order valence-corrected chi connectivity index (χ3v) is 3.29. The standard InChI is InChI=1S/C13H18N4/c1-11-9-13(3-4-15-11)17-7-5-16(6-8-17)12(2)10-14/h3-4,9,12H,5-8H2,1-2H3. The average molecular weight is 230 g/mol. The first-order valence-electron chi connectivity index (χ1n) is 6.02. The molecule has 1 aliphatic rings. The minimum atomic E-state index is 0.0244. The van der Waals surface area contributed by atoms with Gasteiger partial charge in [-0.25, -0.2) is 0 Å². The Labute approximate surface area is 102 Å². The van der Waals surface area contributed by atoms with E-state index in [0.717, 1.165) is 31.9 Å². The Morgan fingerprint density at radius 1 is 1.35 bits per heavy atom. The van der Waals surface area contributed by atoms with Gasteiger partial charge in [0.2, 0.25) is 0 Å². The molecule has 4 heteroatoms. The molecule has 1 fully saturated rings. The van der Waals surface area contributed by atoms with Crippen molar-refractivity contribution in [3.63, 3.8) is 0 Å². The summed E-state index contributed by atoms with van der Waals surface area (Å²) in [5, 5.41) is 8.89. The van der Waals surface area contributed by atoms with Crippen molar-refractivity contribution in [2.24, 2.45) is 0 Å². The van der Waals surface area contributed by atoms with E-state index >= 15 is 0 Å². The second-order valence-corrected chi connectivity index (χ2v) is 4.48. The molecule has 0 saturated carbocycles. The zero-order valence-electron chi connectivity index (χ0n) is 10.4. The molecule has 4 nitrogen and oxygen atoms in total. The number of pyridine rings is 1. The SMILES string of the molecule is Cc1cc(N2CCN(C(C)C#N)CC2)ccn1. The summed E-state index contributed by atoms with van der Waals surface area (Å²) >= 11 is 0. The van der Waals surface area contributed by atoms with Crippen molar-refractivity contribution in [1.82, 2.24) is 9.88 Å². The molecule has 1 unspecified atom stereocenters. The van der Waals surface area contributed by atoms with Gasteiger partial charge in [-0.05, 0) is 26.0 Å². The Kier molecular flexibility index (Phi) is 3.60.